The van der Waals surface area contributed by atoms with Crippen molar-refractivity contribution >= 4 is 26.7 Å². The zero-order valence-electron chi connectivity index (χ0n) is 13.8. The Morgan fingerprint density at radius 1 is 1.46 bits per heavy atom. The fourth-order valence-corrected chi connectivity index (χ4v) is 4.63. The van der Waals surface area contributed by atoms with Crippen molar-refractivity contribution in [2.75, 3.05) is 6.26 Å². The first-order chi connectivity index (χ1) is 11.3. The van der Waals surface area contributed by atoms with E-state index in [-0.39, 0.29) is 10.9 Å². The molecule has 130 valence electrons. The summed E-state index contributed by atoms with van der Waals surface area (Å²) in [4.78, 5) is 12.0. The summed E-state index contributed by atoms with van der Waals surface area (Å²) in [6.07, 6.45) is 3.62. The van der Waals surface area contributed by atoms with E-state index in [0.29, 0.717) is 24.8 Å². The molecule has 2 unspecified atom stereocenters. The number of hydrogen-bond acceptors (Lipinski definition) is 4. The lowest BCUT2D eigenvalue weighted by molar-refractivity contribution is -0.140. The number of para-hydroxylation sites is 1. The van der Waals surface area contributed by atoms with Crippen LogP contribution >= 0.6 is 0 Å². The lowest BCUT2D eigenvalue weighted by Crippen LogP contribution is -2.29. The molecule has 1 aliphatic carbocycles. The maximum absolute atomic E-state index is 12.3. The molecule has 1 aromatic carbocycles. The molecule has 0 bridgehead atoms. The SMILES string of the molecule is CCC(C(=O)O)n1c2c(c3cccc(S(C)(=O)=O)c31)CC(N)CC2. The minimum absolute atomic E-state index is 0.0170. The van der Waals surface area contributed by atoms with Crippen LogP contribution in [0.25, 0.3) is 10.9 Å². The highest BCUT2D eigenvalue weighted by molar-refractivity contribution is 7.91. The molecule has 0 aliphatic heterocycles. The van der Waals surface area contributed by atoms with Gasteiger partial charge in [-0.05, 0) is 37.3 Å². The lowest BCUT2D eigenvalue weighted by atomic mass is 9.92. The second-order valence-corrected chi connectivity index (χ2v) is 8.47. The highest BCUT2D eigenvalue weighted by atomic mass is 32.2. The molecule has 0 fully saturated rings. The molecular formula is C17H22N2O4S. The number of carboxylic acids is 1. The summed E-state index contributed by atoms with van der Waals surface area (Å²) in [5, 5.41) is 10.5. The van der Waals surface area contributed by atoms with Crippen molar-refractivity contribution in [1.82, 2.24) is 4.57 Å². The van der Waals surface area contributed by atoms with Gasteiger partial charge >= 0.3 is 5.97 Å². The first-order valence-electron chi connectivity index (χ1n) is 8.08. The van der Waals surface area contributed by atoms with Crippen LogP contribution in [-0.2, 0) is 27.5 Å². The van der Waals surface area contributed by atoms with Crippen molar-refractivity contribution < 1.29 is 18.3 Å². The largest absolute Gasteiger partial charge is 0.480 e. The molecule has 24 heavy (non-hydrogen) atoms. The number of fused-ring (bicyclic) bond motifs is 3. The Morgan fingerprint density at radius 3 is 2.75 bits per heavy atom. The topological polar surface area (TPSA) is 102 Å². The van der Waals surface area contributed by atoms with Crippen LogP contribution < -0.4 is 5.73 Å². The fraction of sp³-hybridized carbons (Fsp3) is 0.471. The first kappa shape index (κ1) is 17.0. The van der Waals surface area contributed by atoms with Crippen molar-refractivity contribution in [3.05, 3.63) is 29.5 Å². The quantitative estimate of drug-likeness (QED) is 0.877. The van der Waals surface area contributed by atoms with Crippen LogP contribution in [0.2, 0.25) is 0 Å². The number of nitrogens with two attached hydrogens (primary N) is 1. The van der Waals surface area contributed by atoms with Crippen molar-refractivity contribution in [2.45, 2.75) is 49.6 Å². The van der Waals surface area contributed by atoms with Crippen LogP contribution in [0.5, 0.6) is 0 Å². The molecule has 2 atom stereocenters. The van der Waals surface area contributed by atoms with Crippen molar-refractivity contribution in [1.29, 1.82) is 0 Å². The number of nitrogens with zero attached hydrogens (tertiary/aromatic N) is 1. The number of carboxylic acid groups (broad SMARTS) is 1. The van der Waals surface area contributed by atoms with Gasteiger partial charge in [0.15, 0.2) is 9.84 Å². The number of carbonyl (C=O) groups is 1. The van der Waals surface area contributed by atoms with Gasteiger partial charge in [-0.2, -0.15) is 0 Å². The zero-order valence-corrected chi connectivity index (χ0v) is 14.6. The minimum atomic E-state index is -3.48. The van der Waals surface area contributed by atoms with Crippen LogP contribution in [0.4, 0.5) is 0 Å². The first-order valence-corrected chi connectivity index (χ1v) is 9.98. The van der Waals surface area contributed by atoms with Gasteiger partial charge in [-0.3, -0.25) is 0 Å². The van der Waals surface area contributed by atoms with Gasteiger partial charge in [0.05, 0.1) is 10.4 Å². The van der Waals surface area contributed by atoms with E-state index in [9.17, 15) is 18.3 Å². The van der Waals surface area contributed by atoms with Gasteiger partial charge in [-0.15, -0.1) is 0 Å². The number of rotatable bonds is 4. The van der Waals surface area contributed by atoms with Gasteiger partial charge in [0.25, 0.3) is 0 Å². The molecule has 0 radical (unpaired) electrons. The summed E-state index contributed by atoms with van der Waals surface area (Å²) in [6.45, 7) is 1.80. The van der Waals surface area contributed by atoms with E-state index in [1.807, 2.05) is 6.07 Å². The number of aliphatic carboxylic acids is 1. The Balaban J connectivity index is 2.46. The molecule has 2 aromatic rings. The fourth-order valence-electron chi connectivity index (χ4n) is 3.75. The molecule has 1 aliphatic rings. The van der Waals surface area contributed by atoms with Gasteiger partial charge in [0.2, 0.25) is 0 Å². The third kappa shape index (κ3) is 2.61. The Bertz CT molecular complexity index is 914. The van der Waals surface area contributed by atoms with Crippen molar-refractivity contribution in [3.8, 4) is 0 Å². The second-order valence-electron chi connectivity index (χ2n) is 6.48. The maximum Gasteiger partial charge on any atom is 0.326 e. The van der Waals surface area contributed by atoms with Crippen LogP contribution in [0.3, 0.4) is 0 Å². The molecule has 3 N–H and O–H groups in total. The summed E-state index contributed by atoms with van der Waals surface area (Å²) in [7, 11) is -3.48. The monoisotopic (exact) mass is 350 g/mol. The molecule has 0 saturated heterocycles. The molecule has 3 rings (SSSR count). The minimum Gasteiger partial charge on any atom is -0.480 e. The summed E-state index contributed by atoms with van der Waals surface area (Å²) < 4.78 is 26.3. The Hall–Kier alpha value is -1.86. The Kier molecular flexibility index (Phi) is 4.17. The summed E-state index contributed by atoms with van der Waals surface area (Å²) in [5.74, 6) is -0.949. The van der Waals surface area contributed by atoms with Crippen molar-refractivity contribution in [2.24, 2.45) is 5.73 Å². The van der Waals surface area contributed by atoms with Crippen LogP contribution in [0.1, 0.15) is 37.1 Å². The molecular weight excluding hydrogens is 328 g/mol. The van der Waals surface area contributed by atoms with E-state index in [2.05, 4.69) is 0 Å². The van der Waals surface area contributed by atoms with E-state index in [1.165, 1.54) is 0 Å². The highest BCUT2D eigenvalue weighted by Crippen LogP contribution is 2.38. The number of hydrogen-bond donors (Lipinski definition) is 2. The molecule has 7 heteroatoms. The average molecular weight is 350 g/mol. The van der Waals surface area contributed by atoms with E-state index >= 15 is 0 Å². The normalized spacial score (nSPS) is 19.2. The lowest BCUT2D eigenvalue weighted by Gasteiger charge is -2.23. The summed E-state index contributed by atoms with van der Waals surface area (Å²) >= 11 is 0. The molecule has 0 saturated carbocycles. The van der Waals surface area contributed by atoms with Crippen LogP contribution in [-0.4, -0.2) is 36.4 Å². The predicted molar refractivity (Wildman–Crippen MR) is 92.0 cm³/mol. The van der Waals surface area contributed by atoms with E-state index in [4.69, 9.17) is 5.73 Å². The molecule has 0 spiro atoms. The second kappa shape index (κ2) is 5.89. The van der Waals surface area contributed by atoms with Gasteiger partial charge in [0.1, 0.15) is 6.04 Å². The van der Waals surface area contributed by atoms with E-state index in [1.54, 1.807) is 23.6 Å². The zero-order chi connectivity index (χ0) is 17.6. The summed E-state index contributed by atoms with van der Waals surface area (Å²) in [5.41, 5.74) is 8.51. The maximum atomic E-state index is 12.3. The van der Waals surface area contributed by atoms with E-state index < -0.39 is 21.8 Å². The third-order valence-corrected chi connectivity index (χ3v) is 5.93. The number of aromatic nitrogens is 1. The summed E-state index contributed by atoms with van der Waals surface area (Å²) in [6, 6.07) is 4.36. The number of benzene rings is 1. The standard InChI is InChI=1S/C17H22N2O4S/c1-3-13(17(20)21)19-14-8-7-10(18)9-12(14)11-5-4-6-15(16(11)19)24(2,22)23/h4-6,10,13H,3,7-9,18H2,1-2H3,(H,20,21). The van der Waals surface area contributed by atoms with Crippen LogP contribution in [0.15, 0.2) is 23.1 Å². The van der Waals surface area contributed by atoms with Gasteiger partial charge in [0, 0.05) is 23.4 Å². The average Bonchev–Trinajstić information content (AvgIpc) is 2.81. The van der Waals surface area contributed by atoms with Gasteiger partial charge in [-0.1, -0.05) is 19.1 Å². The van der Waals surface area contributed by atoms with Gasteiger partial charge in [-0.25, -0.2) is 13.2 Å². The predicted octanol–water partition coefficient (Wildman–Crippen LogP) is 1.90. The molecule has 6 nitrogen and oxygen atoms in total. The van der Waals surface area contributed by atoms with Crippen molar-refractivity contribution in [3.63, 3.8) is 0 Å². The van der Waals surface area contributed by atoms with Crippen LogP contribution in [0, 0.1) is 0 Å². The molecule has 1 aromatic heterocycles. The highest BCUT2D eigenvalue weighted by Gasteiger charge is 2.31. The number of sulfone groups is 1. The molecule has 1 heterocycles. The van der Waals surface area contributed by atoms with Gasteiger partial charge < -0.3 is 15.4 Å². The Labute approximate surface area is 141 Å². The van der Waals surface area contributed by atoms with E-state index in [0.717, 1.165) is 29.3 Å². The Morgan fingerprint density at radius 2 is 2.17 bits per heavy atom. The smallest absolute Gasteiger partial charge is 0.326 e. The third-order valence-electron chi connectivity index (χ3n) is 4.81. The molecule has 0 amide bonds.